The Morgan fingerprint density at radius 2 is 2.36 bits per heavy atom. The Bertz CT molecular complexity index is 916. The van der Waals surface area contributed by atoms with Crippen LogP contribution in [0.1, 0.15) is 12.2 Å². The molecule has 2 aliphatic rings. The summed E-state index contributed by atoms with van der Waals surface area (Å²) in [7, 11) is 0. The van der Waals surface area contributed by atoms with E-state index in [-0.39, 0.29) is 17.0 Å². The van der Waals surface area contributed by atoms with Crippen LogP contribution < -0.4 is 9.88 Å². The van der Waals surface area contributed by atoms with E-state index in [1.165, 1.54) is 4.90 Å². The lowest BCUT2D eigenvalue weighted by Gasteiger charge is -2.43. The van der Waals surface area contributed by atoms with Gasteiger partial charge in [-0.3, -0.25) is 14.5 Å². The predicted molar refractivity (Wildman–Crippen MR) is 90.7 cm³/mol. The molecule has 2 N–H and O–H groups in total. The second-order valence-electron chi connectivity index (χ2n) is 5.77. The van der Waals surface area contributed by atoms with Crippen LogP contribution in [0.5, 0.6) is 0 Å². The number of aliphatic carboxylic acids is 1. The molecule has 10 heteroatoms. The number of thioether (sulfide) groups is 1. The summed E-state index contributed by atoms with van der Waals surface area (Å²) in [6.45, 7) is 0.706. The summed E-state index contributed by atoms with van der Waals surface area (Å²) in [4.78, 5) is 36.7. The maximum absolute atomic E-state index is 11.8. The average Bonchev–Trinajstić information content (AvgIpc) is 3.14. The highest BCUT2D eigenvalue weighted by molar-refractivity contribution is 8.00. The van der Waals surface area contributed by atoms with E-state index >= 15 is 0 Å². The van der Waals surface area contributed by atoms with Crippen LogP contribution in [0, 0.1) is 0 Å². The minimum atomic E-state index is -1.07. The highest BCUT2D eigenvalue weighted by atomic mass is 32.2. The van der Waals surface area contributed by atoms with E-state index in [9.17, 15) is 19.5 Å². The van der Waals surface area contributed by atoms with E-state index in [0.29, 0.717) is 37.2 Å². The SMILES string of the molecule is O=CNCc1n2ccsc2c[n+]1CC1=C(C(=O)O)N2C(=O)C[C@@H]2SC1. The van der Waals surface area contributed by atoms with Crippen molar-refractivity contribution in [1.82, 2.24) is 14.6 Å². The highest BCUT2D eigenvalue weighted by Gasteiger charge is 2.45. The van der Waals surface area contributed by atoms with Gasteiger partial charge in [0.05, 0.1) is 11.8 Å². The van der Waals surface area contributed by atoms with Gasteiger partial charge in [0.25, 0.3) is 5.82 Å². The number of carboxylic acids is 1. The largest absolute Gasteiger partial charge is 0.477 e. The van der Waals surface area contributed by atoms with E-state index in [4.69, 9.17) is 0 Å². The minimum Gasteiger partial charge on any atom is -0.477 e. The zero-order valence-electron chi connectivity index (χ0n) is 13.0. The molecule has 4 rings (SSSR count). The first-order valence-electron chi connectivity index (χ1n) is 7.63. The van der Waals surface area contributed by atoms with Gasteiger partial charge in [-0.1, -0.05) is 11.3 Å². The van der Waals surface area contributed by atoms with Crippen molar-refractivity contribution in [2.24, 2.45) is 0 Å². The van der Waals surface area contributed by atoms with Crippen molar-refractivity contribution in [3.63, 3.8) is 0 Å². The van der Waals surface area contributed by atoms with Crippen LogP contribution in [0.15, 0.2) is 29.0 Å². The van der Waals surface area contributed by atoms with Gasteiger partial charge in [0.15, 0.2) is 0 Å². The van der Waals surface area contributed by atoms with Crippen molar-refractivity contribution >= 4 is 46.2 Å². The Hall–Kier alpha value is -2.33. The van der Waals surface area contributed by atoms with Gasteiger partial charge in [-0.2, -0.15) is 4.40 Å². The molecule has 4 heterocycles. The molecule has 130 valence electrons. The summed E-state index contributed by atoms with van der Waals surface area (Å²) in [5, 5.41) is 14.2. The third-order valence-corrected chi connectivity index (χ3v) is 6.43. The fourth-order valence-electron chi connectivity index (χ4n) is 3.21. The van der Waals surface area contributed by atoms with Gasteiger partial charge in [0, 0.05) is 16.7 Å². The molecule has 0 bridgehead atoms. The number of carboxylic acid groups (broad SMARTS) is 1. The standard InChI is InChI=1S/C15H14N4O4S2/c20-8-16-4-10-17(6-13-18(10)1-2-24-13)5-9-7-25-12-3-11(21)19(12)14(9)15(22)23/h1-2,6,8,12H,3-5,7H2,(H-,16,20,22,23)/p+1/t12-/m0/s1. The third kappa shape index (κ3) is 2.61. The predicted octanol–water partition coefficient (Wildman–Crippen LogP) is 0.178. The molecule has 2 aromatic heterocycles. The molecule has 0 saturated carbocycles. The molecule has 2 amide bonds. The van der Waals surface area contributed by atoms with Gasteiger partial charge in [-0.05, 0) is 0 Å². The summed E-state index contributed by atoms with van der Waals surface area (Å²) >= 11 is 3.15. The lowest BCUT2D eigenvalue weighted by atomic mass is 10.1. The van der Waals surface area contributed by atoms with E-state index in [0.717, 1.165) is 10.7 Å². The molecule has 2 aromatic rings. The fourth-order valence-corrected chi connectivity index (χ4v) is 5.25. The van der Waals surface area contributed by atoms with Crippen LogP contribution in [0.2, 0.25) is 0 Å². The van der Waals surface area contributed by atoms with Gasteiger partial charge in [-0.25, -0.2) is 9.36 Å². The van der Waals surface area contributed by atoms with Gasteiger partial charge in [0.2, 0.25) is 17.1 Å². The number of fused-ring (bicyclic) bond motifs is 2. The molecule has 25 heavy (non-hydrogen) atoms. The molecule has 0 spiro atoms. The minimum absolute atomic E-state index is 0.0546. The maximum Gasteiger partial charge on any atom is 0.352 e. The number of β-lactam (4-membered cyclic amide) rings is 1. The average molecular weight is 379 g/mol. The summed E-state index contributed by atoms with van der Waals surface area (Å²) < 4.78 is 3.90. The molecular formula is C15H15N4O4S2+. The summed E-state index contributed by atoms with van der Waals surface area (Å²) in [6, 6.07) is 0. The van der Waals surface area contributed by atoms with Crippen molar-refractivity contribution in [2.75, 3.05) is 5.75 Å². The molecule has 1 atom stereocenters. The number of nitrogens with one attached hydrogen (secondary N) is 1. The number of thiazole rings is 1. The van der Waals surface area contributed by atoms with Crippen LogP contribution in [-0.4, -0.2) is 43.8 Å². The van der Waals surface area contributed by atoms with Crippen LogP contribution in [0.3, 0.4) is 0 Å². The summed E-state index contributed by atoms with van der Waals surface area (Å²) in [5.41, 5.74) is 0.814. The highest BCUT2D eigenvalue weighted by Crippen LogP contribution is 2.39. The van der Waals surface area contributed by atoms with E-state index < -0.39 is 5.97 Å². The molecule has 0 aliphatic carbocycles. The van der Waals surface area contributed by atoms with E-state index in [2.05, 4.69) is 5.32 Å². The number of carbonyl (C=O) groups excluding carboxylic acids is 2. The van der Waals surface area contributed by atoms with Crippen LogP contribution in [0.4, 0.5) is 0 Å². The molecule has 1 saturated heterocycles. The normalized spacial score (nSPS) is 19.8. The molecular weight excluding hydrogens is 364 g/mol. The van der Waals surface area contributed by atoms with Crippen LogP contribution >= 0.6 is 23.1 Å². The maximum atomic E-state index is 11.8. The molecule has 2 aliphatic heterocycles. The van der Waals surface area contributed by atoms with Crippen LogP contribution in [-0.2, 0) is 27.5 Å². The molecule has 1 fully saturated rings. The number of carbonyl (C=O) groups is 3. The van der Waals surface area contributed by atoms with E-state index in [1.54, 1.807) is 23.1 Å². The van der Waals surface area contributed by atoms with Gasteiger partial charge >= 0.3 is 5.97 Å². The molecule has 8 nitrogen and oxygen atoms in total. The zero-order valence-corrected chi connectivity index (χ0v) is 14.7. The van der Waals surface area contributed by atoms with E-state index in [1.807, 2.05) is 26.7 Å². The topological polar surface area (TPSA) is 95.0 Å². The number of hydrogen-bond acceptors (Lipinski definition) is 5. The lowest BCUT2D eigenvalue weighted by molar-refractivity contribution is -0.695. The number of amides is 2. The summed E-state index contributed by atoms with van der Waals surface area (Å²) in [5.74, 6) is 0.218. The monoisotopic (exact) mass is 379 g/mol. The first kappa shape index (κ1) is 16.2. The van der Waals surface area contributed by atoms with Gasteiger partial charge in [0.1, 0.15) is 31.2 Å². The van der Waals surface area contributed by atoms with Crippen molar-refractivity contribution in [3.05, 3.63) is 34.9 Å². The number of imidazole rings is 1. The van der Waals surface area contributed by atoms with Crippen molar-refractivity contribution in [3.8, 4) is 0 Å². The number of aromatic nitrogens is 2. The summed E-state index contributed by atoms with van der Waals surface area (Å²) in [6.07, 6.45) is 4.89. The number of nitrogens with zero attached hydrogens (tertiary/aromatic N) is 3. The Morgan fingerprint density at radius 3 is 3.08 bits per heavy atom. The first-order chi connectivity index (χ1) is 12.1. The fraction of sp³-hybridized carbons (Fsp3) is 0.333. The Labute approximate surface area is 150 Å². The Morgan fingerprint density at radius 1 is 1.52 bits per heavy atom. The van der Waals surface area contributed by atoms with Gasteiger partial charge in [-0.15, -0.1) is 11.8 Å². The molecule has 0 unspecified atom stereocenters. The smallest absolute Gasteiger partial charge is 0.352 e. The van der Waals surface area contributed by atoms with Crippen molar-refractivity contribution in [1.29, 1.82) is 0 Å². The molecule has 0 radical (unpaired) electrons. The molecule has 0 aromatic carbocycles. The number of rotatable bonds is 6. The van der Waals surface area contributed by atoms with Gasteiger partial charge < -0.3 is 10.4 Å². The Balaban J connectivity index is 1.73. The van der Waals surface area contributed by atoms with Crippen molar-refractivity contribution < 1.29 is 24.1 Å². The zero-order chi connectivity index (χ0) is 17.6. The lowest BCUT2D eigenvalue weighted by Crippen LogP contribution is -2.55. The van der Waals surface area contributed by atoms with Crippen molar-refractivity contribution in [2.45, 2.75) is 24.9 Å². The quantitative estimate of drug-likeness (QED) is 0.424. The second kappa shape index (κ2) is 6.19. The Kier molecular flexibility index (Phi) is 4.00. The number of hydrogen-bond donors (Lipinski definition) is 2. The first-order valence-corrected chi connectivity index (χ1v) is 9.56. The third-order valence-electron chi connectivity index (χ3n) is 4.35. The van der Waals surface area contributed by atoms with Crippen LogP contribution in [0.25, 0.3) is 4.83 Å². The second-order valence-corrected chi connectivity index (χ2v) is 7.87.